The molecule has 8 heteroatoms. The molecule has 0 bridgehead atoms. The average Bonchev–Trinajstić information content (AvgIpc) is 2.65. The van der Waals surface area contributed by atoms with Crippen LogP contribution in [-0.2, 0) is 0 Å². The molecule has 0 saturated heterocycles. The van der Waals surface area contributed by atoms with Gasteiger partial charge in [0.05, 0.1) is 11.0 Å². The number of benzene rings is 2. The Morgan fingerprint density at radius 3 is 2.52 bits per heavy atom. The standard InChI is InChI=1S/C19H24N4O4/c1-22(2)13-15(18(24)14-7-4-3-5-8-14)12-20-19(25)21-16-9-6-10-17(11-16)23(26)27/h3-11,15,18,24H,12-13H2,1-2H3,(H2,20,21,25)/t15-,18-/m0/s1. The van der Waals surface area contributed by atoms with E-state index in [0.29, 0.717) is 12.2 Å². The number of hydrogen-bond acceptors (Lipinski definition) is 5. The Labute approximate surface area is 158 Å². The first-order valence-corrected chi connectivity index (χ1v) is 8.54. The minimum atomic E-state index is -0.730. The number of nitro benzene ring substituents is 1. The highest BCUT2D eigenvalue weighted by atomic mass is 16.6. The summed E-state index contributed by atoms with van der Waals surface area (Å²) in [5.41, 5.74) is 1.01. The second-order valence-corrected chi connectivity index (χ2v) is 6.52. The van der Waals surface area contributed by atoms with Crippen molar-refractivity contribution in [1.82, 2.24) is 10.2 Å². The van der Waals surface area contributed by atoms with E-state index in [1.165, 1.54) is 18.2 Å². The van der Waals surface area contributed by atoms with Crippen molar-refractivity contribution in [2.24, 2.45) is 5.92 Å². The van der Waals surface area contributed by atoms with Crippen LogP contribution in [0.4, 0.5) is 16.2 Å². The number of anilines is 1. The first-order chi connectivity index (χ1) is 12.9. The molecule has 0 aromatic heterocycles. The van der Waals surface area contributed by atoms with Crippen molar-refractivity contribution in [3.05, 3.63) is 70.3 Å². The van der Waals surface area contributed by atoms with Gasteiger partial charge in [-0.25, -0.2) is 4.79 Å². The van der Waals surface area contributed by atoms with E-state index in [0.717, 1.165) is 5.56 Å². The lowest BCUT2D eigenvalue weighted by Crippen LogP contribution is -2.39. The Balaban J connectivity index is 1.98. The Hall–Kier alpha value is -2.97. The lowest BCUT2D eigenvalue weighted by atomic mass is 9.95. The number of aliphatic hydroxyl groups is 1. The Bertz CT molecular complexity index is 767. The summed E-state index contributed by atoms with van der Waals surface area (Å²) in [6.07, 6.45) is -0.730. The van der Waals surface area contributed by atoms with Crippen molar-refractivity contribution >= 4 is 17.4 Å². The summed E-state index contributed by atoms with van der Waals surface area (Å²) >= 11 is 0. The fraction of sp³-hybridized carbons (Fsp3) is 0.316. The molecule has 0 unspecified atom stereocenters. The number of carbonyl (C=O) groups is 1. The largest absolute Gasteiger partial charge is 0.388 e. The van der Waals surface area contributed by atoms with Crippen molar-refractivity contribution in [1.29, 1.82) is 0 Å². The zero-order valence-corrected chi connectivity index (χ0v) is 15.3. The Morgan fingerprint density at radius 1 is 1.19 bits per heavy atom. The molecule has 0 aliphatic carbocycles. The number of rotatable bonds is 8. The number of nitrogens with zero attached hydrogens (tertiary/aromatic N) is 2. The molecule has 27 heavy (non-hydrogen) atoms. The van der Waals surface area contributed by atoms with Crippen LogP contribution < -0.4 is 10.6 Å². The molecule has 2 aromatic carbocycles. The van der Waals surface area contributed by atoms with E-state index in [9.17, 15) is 20.0 Å². The summed E-state index contributed by atoms with van der Waals surface area (Å²) in [6.45, 7) is 0.822. The third-order valence-electron chi connectivity index (χ3n) is 4.03. The molecule has 2 amide bonds. The number of urea groups is 1. The van der Waals surface area contributed by atoms with Gasteiger partial charge in [-0.15, -0.1) is 0 Å². The van der Waals surface area contributed by atoms with Gasteiger partial charge in [-0.3, -0.25) is 10.1 Å². The fourth-order valence-corrected chi connectivity index (χ4v) is 2.76. The van der Waals surface area contributed by atoms with E-state index in [-0.39, 0.29) is 18.2 Å². The van der Waals surface area contributed by atoms with Crippen LogP contribution in [0, 0.1) is 16.0 Å². The maximum absolute atomic E-state index is 12.2. The SMILES string of the molecule is CN(C)C[C@H](CNC(=O)Nc1cccc([N+](=O)[O-])c1)[C@@H](O)c1ccccc1. The topological polar surface area (TPSA) is 108 Å². The van der Waals surface area contributed by atoms with Crippen LogP contribution in [0.3, 0.4) is 0 Å². The average molecular weight is 372 g/mol. The molecular formula is C19H24N4O4. The third-order valence-corrected chi connectivity index (χ3v) is 4.03. The highest BCUT2D eigenvalue weighted by Crippen LogP contribution is 2.22. The molecule has 0 aliphatic heterocycles. The number of non-ortho nitro benzene ring substituents is 1. The van der Waals surface area contributed by atoms with E-state index < -0.39 is 17.1 Å². The van der Waals surface area contributed by atoms with Crippen LogP contribution in [-0.4, -0.2) is 48.1 Å². The van der Waals surface area contributed by atoms with Crippen LogP contribution in [0.15, 0.2) is 54.6 Å². The van der Waals surface area contributed by atoms with Gasteiger partial charge >= 0.3 is 6.03 Å². The summed E-state index contributed by atoms with van der Waals surface area (Å²) in [4.78, 5) is 24.4. The lowest BCUT2D eigenvalue weighted by molar-refractivity contribution is -0.384. The van der Waals surface area contributed by atoms with E-state index >= 15 is 0 Å². The van der Waals surface area contributed by atoms with Gasteiger partial charge < -0.3 is 20.6 Å². The summed E-state index contributed by atoms with van der Waals surface area (Å²) in [7, 11) is 3.79. The molecule has 2 aromatic rings. The van der Waals surface area contributed by atoms with E-state index in [2.05, 4.69) is 10.6 Å². The minimum Gasteiger partial charge on any atom is -0.388 e. The molecule has 2 rings (SSSR count). The highest BCUT2D eigenvalue weighted by molar-refractivity contribution is 5.89. The van der Waals surface area contributed by atoms with Gasteiger partial charge in [0.25, 0.3) is 5.69 Å². The predicted molar refractivity (Wildman–Crippen MR) is 104 cm³/mol. The number of nitrogens with one attached hydrogen (secondary N) is 2. The minimum absolute atomic E-state index is 0.0993. The normalized spacial score (nSPS) is 13.0. The molecular weight excluding hydrogens is 348 g/mol. The van der Waals surface area contributed by atoms with Crippen LogP contribution >= 0.6 is 0 Å². The number of amides is 2. The Kier molecular flexibility index (Phi) is 7.27. The fourth-order valence-electron chi connectivity index (χ4n) is 2.76. The van der Waals surface area contributed by atoms with Crippen molar-refractivity contribution in [2.75, 3.05) is 32.5 Å². The van der Waals surface area contributed by atoms with Crippen molar-refractivity contribution in [2.45, 2.75) is 6.10 Å². The summed E-state index contributed by atoms with van der Waals surface area (Å²) in [5, 5.41) is 26.8. The number of carbonyl (C=O) groups excluding carboxylic acids is 1. The second-order valence-electron chi connectivity index (χ2n) is 6.52. The molecule has 0 radical (unpaired) electrons. The molecule has 0 fully saturated rings. The van der Waals surface area contributed by atoms with Gasteiger partial charge in [-0.05, 0) is 25.7 Å². The molecule has 0 aliphatic rings. The molecule has 0 heterocycles. The van der Waals surface area contributed by atoms with Gasteiger partial charge in [-0.2, -0.15) is 0 Å². The highest BCUT2D eigenvalue weighted by Gasteiger charge is 2.22. The summed E-state index contributed by atoms with van der Waals surface area (Å²) in [5.74, 6) is -0.224. The Morgan fingerprint density at radius 2 is 1.89 bits per heavy atom. The molecule has 144 valence electrons. The summed E-state index contributed by atoms with van der Waals surface area (Å²) in [6, 6.07) is 14.5. The molecule has 0 saturated carbocycles. The maximum Gasteiger partial charge on any atom is 0.319 e. The van der Waals surface area contributed by atoms with Gasteiger partial charge in [0.15, 0.2) is 0 Å². The molecule has 0 spiro atoms. The van der Waals surface area contributed by atoms with E-state index in [4.69, 9.17) is 0 Å². The van der Waals surface area contributed by atoms with Crippen molar-refractivity contribution in [3.8, 4) is 0 Å². The van der Waals surface area contributed by atoms with E-state index in [1.807, 2.05) is 49.3 Å². The second kappa shape index (κ2) is 9.65. The zero-order chi connectivity index (χ0) is 19.8. The van der Waals surface area contributed by atoms with Gasteiger partial charge in [-0.1, -0.05) is 36.4 Å². The number of aliphatic hydroxyl groups excluding tert-OH is 1. The number of hydrogen-bond donors (Lipinski definition) is 3. The van der Waals surface area contributed by atoms with Gasteiger partial charge in [0, 0.05) is 36.8 Å². The summed E-state index contributed by atoms with van der Waals surface area (Å²) < 4.78 is 0. The van der Waals surface area contributed by atoms with Crippen LogP contribution in [0.2, 0.25) is 0 Å². The quantitative estimate of drug-likeness (QED) is 0.488. The first-order valence-electron chi connectivity index (χ1n) is 8.54. The van der Waals surface area contributed by atoms with Crippen molar-refractivity contribution in [3.63, 3.8) is 0 Å². The number of nitro groups is 1. The predicted octanol–water partition coefficient (Wildman–Crippen LogP) is 2.63. The molecule has 3 N–H and O–H groups in total. The smallest absolute Gasteiger partial charge is 0.319 e. The third kappa shape index (κ3) is 6.36. The van der Waals surface area contributed by atoms with Gasteiger partial charge in [0.2, 0.25) is 0 Å². The maximum atomic E-state index is 12.2. The molecule has 2 atom stereocenters. The molecule has 8 nitrogen and oxygen atoms in total. The zero-order valence-electron chi connectivity index (χ0n) is 15.3. The van der Waals surface area contributed by atoms with Crippen molar-refractivity contribution < 1.29 is 14.8 Å². The van der Waals surface area contributed by atoms with Gasteiger partial charge in [0.1, 0.15) is 0 Å². The van der Waals surface area contributed by atoms with E-state index in [1.54, 1.807) is 6.07 Å². The lowest BCUT2D eigenvalue weighted by Gasteiger charge is -2.26. The monoisotopic (exact) mass is 372 g/mol. The first kappa shape index (κ1) is 20.3. The van der Waals surface area contributed by atoms with Crippen LogP contribution in [0.1, 0.15) is 11.7 Å². The van der Waals surface area contributed by atoms with Crippen LogP contribution in [0.5, 0.6) is 0 Å². The van der Waals surface area contributed by atoms with Crippen LogP contribution in [0.25, 0.3) is 0 Å².